The third-order valence-electron chi connectivity index (χ3n) is 4.45. The van der Waals surface area contributed by atoms with Crippen molar-refractivity contribution in [1.82, 2.24) is 5.16 Å². The molecule has 0 unspecified atom stereocenters. The Labute approximate surface area is 150 Å². The van der Waals surface area contributed by atoms with Crippen molar-refractivity contribution < 1.29 is 18.5 Å². The Morgan fingerprint density at radius 3 is 2.73 bits per heavy atom. The van der Waals surface area contributed by atoms with E-state index in [-0.39, 0.29) is 19.0 Å². The zero-order chi connectivity index (χ0) is 18.7. The third-order valence-corrected chi connectivity index (χ3v) is 4.45. The number of carbonyl (C=O) groups is 1. The number of aromatic nitrogens is 1. The molecule has 1 aromatic carbocycles. The molecule has 0 radical (unpaired) electrons. The maximum atomic E-state index is 12.1. The minimum absolute atomic E-state index is 0.0357. The Morgan fingerprint density at radius 1 is 1.23 bits per heavy atom. The number of fused-ring (bicyclic) bond motifs is 1. The first-order valence-corrected chi connectivity index (χ1v) is 8.61. The highest BCUT2D eigenvalue weighted by atomic mass is 16.5. The van der Waals surface area contributed by atoms with Crippen LogP contribution in [-0.4, -0.2) is 11.1 Å². The lowest BCUT2D eigenvalue weighted by molar-refractivity contribution is -0.144. The highest BCUT2D eigenvalue weighted by Crippen LogP contribution is 2.20. The number of aryl methyl sites for hydroxylation is 3. The van der Waals surface area contributed by atoms with Crippen molar-refractivity contribution in [2.24, 2.45) is 0 Å². The molecule has 0 atom stereocenters. The van der Waals surface area contributed by atoms with Crippen molar-refractivity contribution in [2.45, 2.75) is 46.6 Å². The van der Waals surface area contributed by atoms with Crippen molar-refractivity contribution in [2.75, 3.05) is 0 Å². The van der Waals surface area contributed by atoms with E-state index in [0.717, 1.165) is 28.6 Å². The first-order chi connectivity index (χ1) is 12.5. The number of benzene rings is 1. The molecular weight excluding hydrogens is 334 g/mol. The third kappa shape index (κ3) is 3.85. The van der Waals surface area contributed by atoms with E-state index >= 15 is 0 Å². The van der Waals surface area contributed by atoms with Crippen molar-refractivity contribution >= 4 is 16.9 Å². The van der Waals surface area contributed by atoms with Gasteiger partial charge in [0.05, 0.1) is 5.69 Å². The summed E-state index contributed by atoms with van der Waals surface area (Å²) in [6.07, 6.45) is 1.58. The molecule has 0 N–H and O–H groups in total. The van der Waals surface area contributed by atoms with Crippen molar-refractivity contribution in [3.63, 3.8) is 0 Å². The minimum Gasteiger partial charge on any atom is -0.461 e. The number of hydrogen-bond donors (Lipinski definition) is 0. The van der Waals surface area contributed by atoms with Gasteiger partial charge in [-0.1, -0.05) is 24.2 Å². The van der Waals surface area contributed by atoms with Crippen LogP contribution in [0.4, 0.5) is 0 Å². The molecule has 0 spiro atoms. The molecule has 2 aromatic heterocycles. The summed E-state index contributed by atoms with van der Waals surface area (Å²) < 4.78 is 15.7. The predicted molar refractivity (Wildman–Crippen MR) is 96.0 cm³/mol. The summed E-state index contributed by atoms with van der Waals surface area (Å²) in [5.74, 6) is 0.380. The van der Waals surface area contributed by atoms with Gasteiger partial charge < -0.3 is 13.7 Å². The van der Waals surface area contributed by atoms with Crippen LogP contribution in [-0.2, 0) is 29.0 Å². The maximum absolute atomic E-state index is 12.1. The molecule has 0 bridgehead atoms. The molecule has 0 saturated carbocycles. The Morgan fingerprint density at radius 2 is 2.04 bits per heavy atom. The molecule has 6 nitrogen and oxygen atoms in total. The number of nitrogens with zero attached hydrogens (tertiary/aromatic N) is 1. The van der Waals surface area contributed by atoms with Gasteiger partial charge in [0.2, 0.25) is 0 Å². The molecule has 0 saturated heterocycles. The quantitative estimate of drug-likeness (QED) is 0.496. The van der Waals surface area contributed by atoms with Crippen molar-refractivity contribution in [3.8, 4) is 0 Å². The van der Waals surface area contributed by atoms with Crippen LogP contribution >= 0.6 is 0 Å². The lowest BCUT2D eigenvalue weighted by atomic mass is 10.1. The fourth-order valence-corrected chi connectivity index (χ4v) is 2.93. The lowest BCUT2D eigenvalue weighted by Gasteiger charge is -2.08. The standard InChI is InChI=1S/C20H21NO5/c1-4-14-5-6-17-15(10-20(23)25-18(17)9-14)11-24-19(22)8-7-16-12(2)21-26-13(16)3/h5-6,9-10H,4,7-8,11H2,1-3H3. The normalized spacial score (nSPS) is 11.0. The van der Waals surface area contributed by atoms with E-state index in [1.807, 2.05) is 39.0 Å². The smallest absolute Gasteiger partial charge is 0.336 e. The summed E-state index contributed by atoms with van der Waals surface area (Å²) >= 11 is 0. The van der Waals surface area contributed by atoms with Gasteiger partial charge in [-0.05, 0) is 38.3 Å². The van der Waals surface area contributed by atoms with Gasteiger partial charge in [0, 0.05) is 29.0 Å². The predicted octanol–water partition coefficient (Wildman–Crippen LogP) is 3.64. The van der Waals surface area contributed by atoms with E-state index in [1.165, 1.54) is 6.07 Å². The zero-order valence-electron chi connectivity index (χ0n) is 15.1. The molecule has 26 heavy (non-hydrogen) atoms. The Bertz CT molecular complexity index is 980. The monoisotopic (exact) mass is 355 g/mol. The largest absolute Gasteiger partial charge is 0.461 e. The van der Waals surface area contributed by atoms with Gasteiger partial charge in [-0.3, -0.25) is 4.79 Å². The molecule has 0 aliphatic heterocycles. The molecule has 0 aliphatic carbocycles. The van der Waals surface area contributed by atoms with Crippen molar-refractivity contribution in [1.29, 1.82) is 0 Å². The molecule has 0 fully saturated rings. The second-order valence-electron chi connectivity index (χ2n) is 6.24. The average molecular weight is 355 g/mol. The van der Waals surface area contributed by atoms with Gasteiger partial charge in [-0.15, -0.1) is 0 Å². The van der Waals surface area contributed by atoms with Gasteiger partial charge in [0.25, 0.3) is 0 Å². The number of hydrogen-bond acceptors (Lipinski definition) is 6. The van der Waals surface area contributed by atoms with Crippen LogP contribution in [0.25, 0.3) is 11.0 Å². The van der Waals surface area contributed by atoms with Crippen LogP contribution in [0.2, 0.25) is 0 Å². The fourth-order valence-electron chi connectivity index (χ4n) is 2.93. The van der Waals surface area contributed by atoms with E-state index in [4.69, 9.17) is 13.7 Å². The minimum atomic E-state index is -0.451. The van der Waals surface area contributed by atoms with Gasteiger partial charge in [0.15, 0.2) is 0 Å². The molecule has 136 valence electrons. The molecule has 3 rings (SSSR count). The first-order valence-electron chi connectivity index (χ1n) is 8.61. The topological polar surface area (TPSA) is 82.5 Å². The Balaban J connectivity index is 1.69. The van der Waals surface area contributed by atoms with E-state index in [0.29, 0.717) is 23.3 Å². The summed E-state index contributed by atoms with van der Waals surface area (Å²) in [6, 6.07) is 7.09. The van der Waals surface area contributed by atoms with E-state index < -0.39 is 5.63 Å². The number of rotatable bonds is 6. The van der Waals surface area contributed by atoms with E-state index in [2.05, 4.69) is 5.16 Å². The molecule has 3 aromatic rings. The SMILES string of the molecule is CCc1ccc2c(COC(=O)CCc3c(C)noc3C)cc(=O)oc2c1. The number of carbonyl (C=O) groups excluding carboxylic acids is 1. The first kappa shape index (κ1) is 17.9. The van der Waals surface area contributed by atoms with Crippen LogP contribution in [0, 0.1) is 13.8 Å². The number of esters is 1. The van der Waals surface area contributed by atoms with Crippen LogP contribution in [0.1, 0.15) is 41.5 Å². The van der Waals surface area contributed by atoms with Crippen LogP contribution in [0.15, 0.2) is 38.0 Å². The number of ether oxygens (including phenoxy) is 1. The fraction of sp³-hybridized carbons (Fsp3) is 0.350. The second kappa shape index (κ2) is 7.56. The molecule has 0 amide bonds. The lowest BCUT2D eigenvalue weighted by Crippen LogP contribution is -2.09. The highest BCUT2D eigenvalue weighted by Gasteiger charge is 2.13. The highest BCUT2D eigenvalue weighted by molar-refractivity contribution is 5.81. The van der Waals surface area contributed by atoms with Crippen LogP contribution in [0.5, 0.6) is 0 Å². The van der Waals surface area contributed by atoms with Gasteiger partial charge in [-0.2, -0.15) is 0 Å². The second-order valence-corrected chi connectivity index (χ2v) is 6.24. The Hall–Kier alpha value is -2.89. The van der Waals surface area contributed by atoms with Gasteiger partial charge in [0.1, 0.15) is 18.0 Å². The Kier molecular flexibility index (Phi) is 5.21. The molecular formula is C20H21NO5. The van der Waals surface area contributed by atoms with Gasteiger partial charge in [-0.25, -0.2) is 4.79 Å². The zero-order valence-corrected chi connectivity index (χ0v) is 15.1. The van der Waals surface area contributed by atoms with Crippen LogP contribution in [0.3, 0.4) is 0 Å². The van der Waals surface area contributed by atoms with E-state index in [1.54, 1.807) is 0 Å². The average Bonchev–Trinajstić information content (AvgIpc) is 2.95. The summed E-state index contributed by atoms with van der Waals surface area (Å²) in [5, 5.41) is 4.65. The molecule has 0 aliphatic rings. The molecule has 6 heteroatoms. The van der Waals surface area contributed by atoms with Crippen molar-refractivity contribution in [3.05, 3.63) is 62.8 Å². The summed E-state index contributed by atoms with van der Waals surface area (Å²) in [6.45, 7) is 5.73. The maximum Gasteiger partial charge on any atom is 0.336 e. The molecule has 2 heterocycles. The van der Waals surface area contributed by atoms with Gasteiger partial charge >= 0.3 is 11.6 Å². The van der Waals surface area contributed by atoms with E-state index in [9.17, 15) is 9.59 Å². The summed E-state index contributed by atoms with van der Waals surface area (Å²) in [5.41, 5.74) is 3.50. The van der Waals surface area contributed by atoms with Crippen LogP contribution < -0.4 is 5.63 Å². The summed E-state index contributed by atoms with van der Waals surface area (Å²) in [4.78, 5) is 23.9. The summed E-state index contributed by atoms with van der Waals surface area (Å²) in [7, 11) is 0.